The van der Waals surface area contributed by atoms with Crippen molar-refractivity contribution >= 4 is 17.3 Å². The smallest absolute Gasteiger partial charge is 0.222 e. The summed E-state index contributed by atoms with van der Waals surface area (Å²) < 4.78 is 12.4. The third-order valence-corrected chi connectivity index (χ3v) is 2.72. The first-order valence-corrected chi connectivity index (χ1v) is 5.60. The number of thiocarbonyl (C=S) groups is 1. The Morgan fingerprint density at radius 2 is 2.59 bits per heavy atom. The molecule has 1 aromatic rings. The second kappa shape index (κ2) is 4.73. The van der Waals surface area contributed by atoms with Gasteiger partial charge in [0.1, 0.15) is 12.7 Å². The zero-order chi connectivity index (χ0) is 12.4. The molecule has 5 nitrogen and oxygen atoms in total. The number of terminal acetylenes is 1. The summed E-state index contributed by atoms with van der Waals surface area (Å²) in [5.41, 5.74) is 7.48. The Labute approximate surface area is 105 Å². The number of aromatic nitrogens is 2. The van der Waals surface area contributed by atoms with E-state index in [1.54, 1.807) is 0 Å². The molecule has 0 saturated heterocycles. The maximum atomic E-state index is 5.71. The van der Waals surface area contributed by atoms with Crippen molar-refractivity contribution in [3.8, 4) is 18.2 Å². The monoisotopic (exact) mass is 251 g/mol. The molecule has 6 heteroatoms. The van der Waals surface area contributed by atoms with Crippen LogP contribution in [-0.4, -0.2) is 34.2 Å². The first-order chi connectivity index (χ1) is 8.13. The minimum atomic E-state index is -0.0457. The Kier molecular flexibility index (Phi) is 3.31. The number of hydrogen-bond acceptors (Lipinski definition) is 4. The molecule has 0 radical (unpaired) electrons. The van der Waals surface area contributed by atoms with E-state index in [9.17, 15) is 0 Å². The predicted octanol–water partition coefficient (Wildman–Crippen LogP) is 0.237. The standard InChI is InChI=1S/C11H13N3O2S/c1-3-4-15-6-8-5-9-7(2)13-14(11(12)17)10(9)16-8/h1,8H,4-6H2,2H3,(H2,12,17). The van der Waals surface area contributed by atoms with E-state index in [4.69, 9.17) is 33.8 Å². The molecule has 0 amide bonds. The molecular weight excluding hydrogens is 238 g/mol. The van der Waals surface area contributed by atoms with Gasteiger partial charge in [0.15, 0.2) is 5.11 Å². The summed E-state index contributed by atoms with van der Waals surface area (Å²) in [5.74, 6) is 3.04. The second-order valence-corrected chi connectivity index (χ2v) is 4.20. The van der Waals surface area contributed by atoms with Gasteiger partial charge < -0.3 is 15.2 Å². The Bertz CT molecular complexity index is 490. The highest BCUT2D eigenvalue weighted by Crippen LogP contribution is 2.31. The summed E-state index contributed by atoms with van der Waals surface area (Å²) in [5, 5.41) is 4.40. The number of nitrogens with zero attached hydrogens (tertiary/aromatic N) is 2. The van der Waals surface area contributed by atoms with E-state index in [0.29, 0.717) is 12.5 Å². The third kappa shape index (κ3) is 2.25. The van der Waals surface area contributed by atoms with Crippen LogP contribution in [0, 0.1) is 19.3 Å². The normalized spacial score (nSPS) is 17.3. The van der Waals surface area contributed by atoms with Crippen molar-refractivity contribution in [2.75, 3.05) is 13.2 Å². The molecule has 2 heterocycles. The Morgan fingerprint density at radius 3 is 3.24 bits per heavy atom. The van der Waals surface area contributed by atoms with E-state index in [0.717, 1.165) is 17.7 Å². The van der Waals surface area contributed by atoms with Crippen molar-refractivity contribution < 1.29 is 9.47 Å². The molecule has 2 N–H and O–H groups in total. The van der Waals surface area contributed by atoms with Crippen LogP contribution in [0.4, 0.5) is 0 Å². The predicted molar refractivity (Wildman–Crippen MR) is 66.9 cm³/mol. The topological polar surface area (TPSA) is 62.3 Å². The summed E-state index contributed by atoms with van der Waals surface area (Å²) in [6.45, 7) is 2.65. The number of ether oxygens (including phenoxy) is 2. The van der Waals surface area contributed by atoms with E-state index in [2.05, 4.69) is 11.0 Å². The first kappa shape index (κ1) is 11.9. The zero-order valence-electron chi connectivity index (χ0n) is 9.47. The fraction of sp³-hybridized carbons (Fsp3) is 0.455. The van der Waals surface area contributed by atoms with Crippen LogP contribution in [0.3, 0.4) is 0 Å². The van der Waals surface area contributed by atoms with Crippen molar-refractivity contribution in [3.63, 3.8) is 0 Å². The quantitative estimate of drug-likeness (QED) is 0.473. The Balaban J connectivity index is 2.09. The largest absolute Gasteiger partial charge is 0.471 e. The molecule has 0 bridgehead atoms. The molecule has 0 aromatic carbocycles. The van der Waals surface area contributed by atoms with Gasteiger partial charge in [-0.1, -0.05) is 5.92 Å². The average Bonchev–Trinajstić information content (AvgIpc) is 2.80. The van der Waals surface area contributed by atoms with Gasteiger partial charge in [-0.3, -0.25) is 0 Å². The molecule has 17 heavy (non-hydrogen) atoms. The summed E-state index contributed by atoms with van der Waals surface area (Å²) >= 11 is 4.90. The summed E-state index contributed by atoms with van der Waals surface area (Å²) in [6, 6.07) is 0. The third-order valence-electron chi connectivity index (χ3n) is 2.55. The van der Waals surface area contributed by atoms with Crippen LogP contribution in [0.5, 0.6) is 5.88 Å². The van der Waals surface area contributed by atoms with E-state index >= 15 is 0 Å². The number of nitrogens with two attached hydrogens (primary N) is 1. The molecule has 0 aliphatic carbocycles. The molecule has 0 fully saturated rings. The summed E-state index contributed by atoms with van der Waals surface area (Å²) in [7, 11) is 0. The highest BCUT2D eigenvalue weighted by Gasteiger charge is 2.30. The van der Waals surface area contributed by atoms with Crippen LogP contribution in [0.15, 0.2) is 0 Å². The summed E-state index contributed by atoms with van der Waals surface area (Å²) in [6.07, 6.45) is 5.80. The lowest BCUT2D eigenvalue weighted by Crippen LogP contribution is -2.25. The minimum absolute atomic E-state index is 0.0457. The zero-order valence-corrected chi connectivity index (χ0v) is 10.3. The molecule has 1 unspecified atom stereocenters. The van der Waals surface area contributed by atoms with Crippen LogP contribution in [0.2, 0.25) is 0 Å². The maximum Gasteiger partial charge on any atom is 0.222 e. The molecule has 1 aliphatic heterocycles. The van der Waals surface area contributed by atoms with Gasteiger partial charge in [0, 0.05) is 12.0 Å². The van der Waals surface area contributed by atoms with Crippen LogP contribution in [0.25, 0.3) is 0 Å². The van der Waals surface area contributed by atoms with Gasteiger partial charge in [0.25, 0.3) is 0 Å². The second-order valence-electron chi connectivity index (χ2n) is 3.78. The molecule has 1 atom stereocenters. The Hall–Kier alpha value is -1.58. The van der Waals surface area contributed by atoms with Gasteiger partial charge in [-0.05, 0) is 19.1 Å². The van der Waals surface area contributed by atoms with Crippen molar-refractivity contribution in [2.45, 2.75) is 19.4 Å². The van der Waals surface area contributed by atoms with E-state index in [1.165, 1.54) is 4.68 Å². The van der Waals surface area contributed by atoms with Crippen molar-refractivity contribution in [1.29, 1.82) is 0 Å². The van der Waals surface area contributed by atoms with Crippen molar-refractivity contribution in [1.82, 2.24) is 9.78 Å². The minimum Gasteiger partial charge on any atom is -0.471 e. The van der Waals surface area contributed by atoms with Crippen LogP contribution in [0.1, 0.15) is 11.3 Å². The van der Waals surface area contributed by atoms with Crippen molar-refractivity contribution in [2.24, 2.45) is 5.73 Å². The van der Waals surface area contributed by atoms with E-state index in [-0.39, 0.29) is 17.8 Å². The SMILES string of the molecule is C#CCOCC1Cc2c(C)nn(C(N)=S)c2O1. The first-order valence-electron chi connectivity index (χ1n) is 5.19. The molecule has 0 saturated carbocycles. The van der Waals surface area contributed by atoms with Crippen molar-refractivity contribution in [3.05, 3.63) is 11.3 Å². The fourth-order valence-corrected chi connectivity index (χ4v) is 1.94. The molecule has 90 valence electrons. The van der Waals surface area contributed by atoms with Gasteiger partial charge in [-0.15, -0.1) is 6.42 Å². The average molecular weight is 251 g/mol. The lowest BCUT2D eigenvalue weighted by molar-refractivity contribution is 0.0750. The van der Waals surface area contributed by atoms with Gasteiger partial charge >= 0.3 is 0 Å². The van der Waals surface area contributed by atoms with Gasteiger partial charge in [-0.2, -0.15) is 9.78 Å². The molecular formula is C11H13N3O2S. The van der Waals surface area contributed by atoms with Crippen LogP contribution < -0.4 is 10.5 Å². The molecule has 0 spiro atoms. The van der Waals surface area contributed by atoms with E-state index in [1.807, 2.05) is 6.92 Å². The molecule has 1 aromatic heterocycles. The molecule has 1 aliphatic rings. The number of hydrogen-bond donors (Lipinski definition) is 1. The highest BCUT2D eigenvalue weighted by molar-refractivity contribution is 7.80. The summed E-state index contributed by atoms with van der Waals surface area (Å²) in [4.78, 5) is 0. The molecule has 2 rings (SSSR count). The number of fused-ring (bicyclic) bond motifs is 1. The lowest BCUT2D eigenvalue weighted by atomic mass is 10.1. The van der Waals surface area contributed by atoms with Crippen LogP contribution in [-0.2, 0) is 11.2 Å². The fourth-order valence-electron chi connectivity index (χ4n) is 1.81. The Morgan fingerprint density at radius 1 is 1.82 bits per heavy atom. The van der Waals surface area contributed by atoms with E-state index < -0.39 is 0 Å². The highest BCUT2D eigenvalue weighted by atomic mass is 32.1. The lowest BCUT2D eigenvalue weighted by Gasteiger charge is -2.11. The number of aryl methyl sites for hydroxylation is 1. The number of rotatable bonds is 3. The van der Waals surface area contributed by atoms with Gasteiger partial charge in [0.05, 0.1) is 12.3 Å². The van der Waals surface area contributed by atoms with Crippen LogP contribution >= 0.6 is 12.2 Å². The maximum absolute atomic E-state index is 5.71. The van der Waals surface area contributed by atoms with Gasteiger partial charge in [-0.25, -0.2) is 0 Å². The van der Waals surface area contributed by atoms with Gasteiger partial charge in [0.2, 0.25) is 5.88 Å².